The Labute approximate surface area is 273 Å². The number of hydrogen-bond acceptors (Lipinski definition) is 0. The monoisotopic (exact) mass is 600 g/mol. The van der Waals surface area contributed by atoms with Gasteiger partial charge in [0, 0.05) is 38.3 Å². The van der Waals surface area contributed by atoms with E-state index >= 15 is 0 Å². The first-order valence-electron chi connectivity index (χ1n) is 16.4. The lowest BCUT2D eigenvalue weighted by atomic mass is 9.82. The molecule has 222 valence electrons. The van der Waals surface area contributed by atoms with Crippen LogP contribution in [0.15, 0.2) is 158 Å². The van der Waals surface area contributed by atoms with Crippen LogP contribution < -0.4 is 0 Å². The Morgan fingerprint density at radius 1 is 0.362 bits per heavy atom. The number of rotatable bonds is 3. The summed E-state index contributed by atoms with van der Waals surface area (Å²) in [4.78, 5) is 0. The summed E-state index contributed by atoms with van der Waals surface area (Å²) in [6, 6.07) is 58.1. The highest BCUT2D eigenvalue weighted by molar-refractivity contribution is 6.12. The van der Waals surface area contributed by atoms with Crippen LogP contribution in [0.2, 0.25) is 0 Å². The van der Waals surface area contributed by atoms with Gasteiger partial charge in [-0.05, 0) is 94.0 Å². The van der Waals surface area contributed by atoms with E-state index in [4.69, 9.17) is 0 Å². The maximum atomic E-state index is 2.46. The zero-order valence-electron chi connectivity index (χ0n) is 26.4. The van der Waals surface area contributed by atoms with E-state index in [9.17, 15) is 0 Å². The van der Waals surface area contributed by atoms with Gasteiger partial charge in [0.1, 0.15) is 0 Å². The number of benzene rings is 7. The Morgan fingerprint density at radius 3 is 1.74 bits per heavy atom. The highest BCUT2D eigenvalue weighted by Crippen LogP contribution is 2.51. The van der Waals surface area contributed by atoms with Gasteiger partial charge < -0.3 is 9.13 Å². The fourth-order valence-electron chi connectivity index (χ4n) is 8.27. The quantitative estimate of drug-likeness (QED) is 0.191. The van der Waals surface area contributed by atoms with Crippen molar-refractivity contribution in [3.63, 3.8) is 0 Å². The van der Waals surface area contributed by atoms with Crippen LogP contribution in [0.5, 0.6) is 0 Å². The van der Waals surface area contributed by atoms with Gasteiger partial charge in [-0.1, -0.05) is 111 Å². The standard InChI is InChI=1S/C45H32N2/c1-45(2)39-20-9-6-17-33(39)36-28-44-38(27-40(36)45)35-19-8-11-22-42(35)47(44)32-16-12-13-29(25-32)30-23-24-43-37(26-30)34-18-7-10-21-41(34)46(43)31-14-4-3-5-15-31/h3-28H,1-2H3. The molecular formula is C45H32N2. The molecule has 2 heteroatoms. The first-order chi connectivity index (χ1) is 23.1. The predicted molar refractivity (Wildman–Crippen MR) is 198 cm³/mol. The number of nitrogens with zero attached hydrogens (tertiary/aromatic N) is 2. The van der Waals surface area contributed by atoms with Crippen molar-refractivity contribution in [2.75, 3.05) is 0 Å². The molecule has 9 aromatic rings. The first-order valence-corrected chi connectivity index (χ1v) is 16.4. The van der Waals surface area contributed by atoms with Crippen molar-refractivity contribution in [3.05, 3.63) is 169 Å². The molecule has 0 atom stereocenters. The van der Waals surface area contributed by atoms with Gasteiger partial charge in [-0.25, -0.2) is 0 Å². The lowest BCUT2D eigenvalue weighted by Crippen LogP contribution is -2.14. The van der Waals surface area contributed by atoms with Gasteiger partial charge in [0.05, 0.1) is 22.1 Å². The summed E-state index contributed by atoms with van der Waals surface area (Å²) in [5.74, 6) is 0. The maximum absolute atomic E-state index is 2.46. The van der Waals surface area contributed by atoms with Crippen LogP contribution in [-0.2, 0) is 5.41 Å². The Balaban J connectivity index is 1.18. The van der Waals surface area contributed by atoms with E-state index in [0.717, 1.165) is 0 Å². The van der Waals surface area contributed by atoms with E-state index in [0.29, 0.717) is 0 Å². The zero-order chi connectivity index (χ0) is 31.3. The van der Waals surface area contributed by atoms with Crippen molar-refractivity contribution in [1.82, 2.24) is 9.13 Å². The molecule has 0 radical (unpaired) electrons. The molecule has 0 amide bonds. The molecule has 7 aromatic carbocycles. The molecule has 0 saturated carbocycles. The molecule has 1 aliphatic carbocycles. The highest BCUT2D eigenvalue weighted by Gasteiger charge is 2.36. The maximum Gasteiger partial charge on any atom is 0.0547 e. The summed E-state index contributed by atoms with van der Waals surface area (Å²) in [6.45, 7) is 4.72. The van der Waals surface area contributed by atoms with Crippen LogP contribution >= 0.6 is 0 Å². The SMILES string of the molecule is CC1(C)c2ccccc2-c2cc3c(cc21)c1ccccc1n3-c1cccc(-c2ccc3c(c2)c2ccccc2n3-c2ccccc2)c1. The number of para-hydroxylation sites is 3. The summed E-state index contributed by atoms with van der Waals surface area (Å²) < 4.78 is 4.84. The minimum absolute atomic E-state index is 0.0362. The average Bonchev–Trinajstić information content (AvgIpc) is 3.71. The molecule has 0 spiro atoms. The molecule has 0 saturated heterocycles. The van der Waals surface area contributed by atoms with Crippen molar-refractivity contribution in [2.45, 2.75) is 19.3 Å². The minimum Gasteiger partial charge on any atom is -0.309 e. The third-order valence-corrected chi connectivity index (χ3v) is 10.5. The third-order valence-electron chi connectivity index (χ3n) is 10.5. The lowest BCUT2D eigenvalue weighted by molar-refractivity contribution is 0.661. The van der Waals surface area contributed by atoms with Crippen LogP contribution in [0, 0.1) is 0 Å². The second kappa shape index (κ2) is 9.57. The normalized spacial score (nSPS) is 13.5. The van der Waals surface area contributed by atoms with Crippen molar-refractivity contribution in [1.29, 1.82) is 0 Å². The van der Waals surface area contributed by atoms with Gasteiger partial charge in [-0.2, -0.15) is 0 Å². The van der Waals surface area contributed by atoms with Gasteiger partial charge in [0.15, 0.2) is 0 Å². The Bertz CT molecular complexity index is 2700. The van der Waals surface area contributed by atoms with Gasteiger partial charge in [-0.15, -0.1) is 0 Å². The van der Waals surface area contributed by atoms with Gasteiger partial charge in [0.25, 0.3) is 0 Å². The topological polar surface area (TPSA) is 9.86 Å². The Hall–Kier alpha value is -5.86. The molecule has 10 rings (SSSR count). The lowest BCUT2D eigenvalue weighted by Gasteiger charge is -2.21. The van der Waals surface area contributed by atoms with Crippen molar-refractivity contribution >= 4 is 43.6 Å². The fourth-order valence-corrected chi connectivity index (χ4v) is 8.27. The third kappa shape index (κ3) is 3.67. The molecule has 0 bridgehead atoms. The van der Waals surface area contributed by atoms with E-state index in [2.05, 4.69) is 181 Å². The molecule has 0 aliphatic heterocycles. The van der Waals surface area contributed by atoms with Crippen molar-refractivity contribution < 1.29 is 0 Å². The highest BCUT2D eigenvalue weighted by atomic mass is 15.0. The second-order valence-corrected chi connectivity index (χ2v) is 13.4. The summed E-state index contributed by atoms with van der Waals surface area (Å²) in [7, 11) is 0. The van der Waals surface area contributed by atoms with E-state index in [1.54, 1.807) is 0 Å². The van der Waals surface area contributed by atoms with Crippen LogP contribution in [0.25, 0.3) is 77.2 Å². The second-order valence-electron chi connectivity index (χ2n) is 13.4. The number of hydrogen-bond donors (Lipinski definition) is 0. The van der Waals surface area contributed by atoms with Gasteiger partial charge in [0.2, 0.25) is 0 Å². The molecule has 2 nitrogen and oxygen atoms in total. The number of fused-ring (bicyclic) bond motifs is 9. The number of aromatic nitrogens is 2. The Morgan fingerprint density at radius 2 is 0.957 bits per heavy atom. The van der Waals surface area contributed by atoms with Crippen molar-refractivity contribution in [3.8, 4) is 33.6 Å². The minimum atomic E-state index is -0.0362. The van der Waals surface area contributed by atoms with Gasteiger partial charge in [-0.3, -0.25) is 0 Å². The molecule has 2 heterocycles. The van der Waals surface area contributed by atoms with E-state index in [1.807, 2.05) is 0 Å². The Kier molecular flexibility index (Phi) is 5.37. The molecule has 47 heavy (non-hydrogen) atoms. The molecular weight excluding hydrogens is 569 g/mol. The molecule has 1 aliphatic rings. The fraction of sp³-hybridized carbons (Fsp3) is 0.0667. The molecule has 0 N–H and O–H groups in total. The van der Waals surface area contributed by atoms with E-state index in [1.165, 1.54) is 88.4 Å². The van der Waals surface area contributed by atoms with Crippen LogP contribution in [-0.4, -0.2) is 9.13 Å². The zero-order valence-corrected chi connectivity index (χ0v) is 26.4. The first kappa shape index (κ1) is 26.4. The predicted octanol–water partition coefficient (Wildman–Crippen LogP) is 11.9. The van der Waals surface area contributed by atoms with Crippen molar-refractivity contribution in [2.24, 2.45) is 0 Å². The summed E-state index contributed by atoms with van der Waals surface area (Å²) in [5, 5.41) is 5.13. The molecule has 0 fully saturated rings. The largest absolute Gasteiger partial charge is 0.309 e. The summed E-state index contributed by atoms with van der Waals surface area (Å²) in [5.41, 5.74) is 15.2. The van der Waals surface area contributed by atoms with Crippen LogP contribution in [0.3, 0.4) is 0 Å². The summed E-state index contributed by atoms with van der Waals surface area (Å²) >= 11 is 0. The van der Waals surface area contributed by atoms with Crippen LogP contribution in [0.1, 0.15) is 25.0 Å². The summed E-state index contributed by atoms with van der Waals surface area (Å²) in [6.07, 6.45) is 0. The van der Waals surface area contributed by atoms with Gasteiger partial charge >= 0.3 is 0 Å². The molecule has 0 unspecified atom stereocenters. The van der Waals surface area contributed by atoms with E-state index < -0.39 is 0 Å². The van der Waals surface area contributed by atoms with Crippen LogP contribution in [0.4, 0.5) is 0 Å². The van der Waals surface area contributed by atoms with E-state index in [-0.39, 0.29) is 5.41 Å². The smallest absolute Gasteiger partial charge is 0.0547 e. The molecule has 2 aromatic heterocycles. The average molecular weight is 601 g/mol.